The Bertz CT molecular complexity index is 555. The second-order valence-corrected chi connectivity index (χ2v) is 5.63. The van der Waals surface area contributed by atoms with Crippen molar-refractivity contribution in [1.29, 1.82) is 0 Å². The summed E-state index contributed by atoms with van der Waals surface area (Å²) < 4.78 is 5.88. The van der Waals surface area contributed by atoms with Crippen molar-refractivity contribution in [2.45, 2.75) is 46.0 Å². The number of benzene rings is 1. The highest BCUT2D eigenvalue weighted by Crippen LogP contribution is 2.23. The van der Waals surface area contributed by atoms with Crippen molar-refractivity contribution in [3.8, 4) is 5.75 Å². The molecule has 0 amide bonds. The third kappa shape index (κ3) is 4.87. The molecule has 0 saturated carbocycles. The first-order valence-corrected chi connectivity index (χ1v) is 8.45. The molecule has 0 bridgehead atoms. The fourth-order valence-electron chi connectivity index (χ4n) is 2.62. The maximum absolute atomic E-state index is 5.88. The van der Waals surface area contributed by atoms with Crippen LogP contribution in [0.2, 0.25) is 0 Å². The van der Waals surface area contributed by atoms with Gasteiger partial charge in [0.25, 0.3) is 0 Å². The molecule has 0 radical (unpaired) electrons. The van der Waals surface area contributed by atoms with Gasteiger partial charge in [0.2, 0.25) is 0 Å². The van der Waals surface area contributed by atoms with Gasteiger partial charge in [-0.2, -0.15) is 0 Å². The standard InChI is InChI=1S/C20H27NO/c1-3-5-7-9-15-22-18-11-12-19-17(16-18)13-14-21-20(19)10-8-6-4-2/h4,6,8,10-12,16H,3,5,7,9,13-15H2,1-2H3. The van der Waals surface area contributed by atoms with Crippen LogP contribution in [0.1, 0.15) is 50.7 Å². The largest absolute Gasteiger partial charge is 0.494 e. The van der Waals surface area contributed by atoms with Crippen LogP contribution in [0.3, 0.4) is 0 Å². The normalized spacial score (nSPS) is 14.4. The summed E-state index contributed by atoms with van der Waals surface area (Å²) in [7, 11) is 0. The molecule has 1 heterocycles. The molecule has 1 aromatic carbocycles. The lowest BCUT2D eigenvalue weighted by Crippen LogP contribution is -2.11. The van der Waals surface area contributed by atoms with Gasteiger partial charge in [-0.3, -0.25) is 4.99 Å². The molecule has 0 spiro atoms. The molecule has 0 aromatic heterocycles. The first kappa shape index (κ1) is 16.5. The molecular formula is C20H27NO. The smallest absolute Gasteiger partial charge is 0.119 e. The summed E-state index contributed by atoms with van der Waals surface area (Å²) in [5.41, 5.74) is 3.67. The summed E-state index contributed by atoms with van der Waals surface area (Å²) in [5, 5.41) is 0. The first-order valence-electron chi connectivity index (χ1n) is 8.45. The van der Waals surface area contributed by atoms with Crippen LogP contribution in [-0.4, -0.2) is 18.9 Å². The first-order chi connectivity index (χ1) is 10.8. The lowest BCUT2D eigenvalue weighted by molar-refractivity contribution is 0.305. The van der Waals surface area contributed by atoms with E-state index in [4.69, 9.17) is 4.74 Å². The van der Waals surface area contributed by atoms with Gasteiger partial charge in [-0.1, -0.05) is 44.4 Å². The number of fused-ring (bicyclic) bond motifs is 1. The molecule has 2 heteroatoms. The summed E-state index contributed by atoms with van der Waals surface area (Å²) >= 11 is 0. The quantitative estimate of drug-likeness (QED) is 0.482. The van der Waals surface area contributed by atoms with Gasteiger partial charge in [0, 0.05) is 12.1 Å². The number of nitrogens with zero attached hydrogens (tertiary/aromatic N) is 1. The molecule has 0 N–H and O–H groups in total. The highest BCUT2D eigenvalue weighted by Gasteiger charge is 2.12. The fourth-order valence-corrected chi connectivity index (χ4v) is 2.62. The zero-order chi connectivity index (χ0) is 15.6. The summed E-state index contributed by atoms with van der Waals surface area (Å²) in [6, 6.07) is 6.41. The van der Waals surface area contributed by atoms with Crippen LogP contribution >= 0.6 is 0 Å². The van der Waals surface area contributed by atoms with E-state index in [0.29, 0.717) is 0 Å². The number of aliphatic imine (C=N–C) groups is 1. The SMILES string of the molecule is CC=CC=CC1=NCCc2cc(OCCCCCC)ccc21. The zero-order valence-electron chi connectivity index (χ0n) is 13.8. The predicted molar refractivity (Wildman–Crippen MR) is 95.1 cm³/mol. The molecule has 22 heavy (non-hydrogen) atoms. The highest BCUT2D eigenvalue weighted by molar-refractivity contribution is 6.10. The average molecular weight is 297 g/mol. The number of hydrogen-bond donors (Lipinski definition) is 0. The molecule has 1 aliphatic rings. The molecule has 2 nitrogen and oxygen atoms in total. The van der Waals surface area contributed by atoms with Crippen LogP contribution in [0.25, 0.3) is 0 Å². The van der Waals surface area contributed by atoms with Crippen LogP contribution in [0, 0.1) is 0 Å². The van der Waals surface area contributed by atoms with E-state index in [9.17, 15) is 0 Å². The number of hydrogen-bond acceptors (Lipinski definition) is 2. The monoisotopic (exact) mass is 297 g/mol. The molecule has 0 atom stereocenters. The molecule has 1 aliphatic heterocycles. The summed E-state index contributed by atoms with van der Waals surface area (Å²) in [4.78, 5) is 4.62. The fraction of sp³-hybridized carbons (Fsp3) is 0.450. The number of rotatable bonds is 8. The Balaban J connectivity index is 1.98. The second kappa shape index (κ2) is 9.24. The second-order valence-electron chi connectivity index (χ2n) is 5.63. The molecule has 118 valence electrons. The van der Waals surface area contributed by atoms with Crippen LogP contribution in [0.5, 0.6) is 5.75 Å². The third-order valence-electron chi connectivity index (χ3n) is 3.84. The Morgan fingerprint density at radius 2 is 2.09 bits per heavy atom. The van der Waals surface area contributed by atoms with E-state index >= 15 is 0 Å². The minimum Gasteiger partial charge on any atom is -0.494 e. The molecule has 0 fully saturated rings. The van der Waals surface area contributed by atoms with E-state index in [2.05, 4.69) is 36.2 Å². The highest BCUT2D eigenvalue weighted by atomic mass is 16.5. The molecular weight excluding hydrogens is 270 g/mol. The summed E-state index contributed by atoms with van der Waals surface area (Å²) in [5.74, 6) is 0.994. The van der Waals surface area contributed by atoms with E-state index in [1.807, 2.05) is 25.2 Å². The maximum atomic E-state index is 5.88. The van der Waals surface area contributed by atoms with Crippen molar-refractivity contribution in [3.05, 3.63) is 53.6 Å². The topological polar surface area (TPSA) is 21.6 Å². The van der Waals surface area contributed by atoms with Crippen LogP contribution in [0.15, 0.2) is 47.5 Å². The van der Waals surface area contributed by atoms with E-state index in [0.717, 1.165) is 37.5 Å². The third-order valence-corrected chi connectivity index (χ3v) is 3.84. The Morgan fingerprint density at radius 3 is 2.91 bits per heavy atom. The van der Waals surface area contributed by atoms with E-state index < -0.39 is 0 Å². The van der Waals surface area contributed by atoms with Gasteiger partial charge in [-0.05, 0) is 49.6 Å². The predicted octanol–water partition coefficient (Wildman–Crippen LogP) is 5.12. The summed E-state index contributed by atoms with van der Waals surface area (Å²) in [6.45, 7) is 5.93. The zero-order valence-corrected chi connectivity index (χ0v) is 13.8. The number of unbranched alkanes of at least 4 members (excludes halogenated alkanes) is 3. The van der Waals surface area contributed by atoms with E-state index in [1.165, 1.54) is 30.4 Å². The van der Waals surface area contributed by atoms with Crippen LogP contribution in [-0.2, 0) is 6.42 Å². The molecule has 0 unspecified atom stereocenters. The van der Waals surface area contributed by atoms with E-state index in [-0.39, 0.29) is 0 Å². The van der Waals surface area contributed by atoms with Gasteiger partial charge in [-0.15, -0.1) is 0 Å². The van der Waals surface area contributed by atoms with Gasteiger partial charge in [-0.25, -0.2) is 0 Å². The van der Waals surface area contributed by atoms with Gasteiger partial charge in [0.15, 0.2) is 0 Å². The molecule has 2 rings (SSSR count). The molecule has 0 saturated heterocycles. The van der Waals surface area contributed by atoms with Gasteiger partial charge in [0.1, 0.15) is 5.75 Å². The van der Waals surface area contributed by atoms with Crippen molar-refractivity contribution in [1.82, 2.24) is 0 Å². The molecule has 1 aromatic rings. The van der Waals surface area contributed by atoms with Crippen molar-refractivity contribution < 1.29 is 4.74 Å². The van der Waals surface area contributed by atoms with Crippen molar-refractivity contribution in [3.63, 3.8) is 0 Å². The van der Waals surface area contributed by atoms with Crippen molar-refractivity contribution >= 4 is 5.71 Å². The van der Waals surface area contributed by atoms with Crippen molar-refractivity contribution in [2.24, 2.45) is 4.99 Å². The Hall–Kier alpha value is -1.83. The summed E-state index contributed by atoms with van der Waals surface area (Å²) in [6.07, 6.45) is 14.2. The minimum absolute atomic E-state index is 0.820. The van der Waals surface area contributed by atoms with Gasteiger partial charge >= 0.3 is 0 Å². The van der Waals surface area contributed by atoms with Crippen LogP contribution in [0.4, 0.5) is 0 Å². The van der Waals surface area contributed by atoms with Crippen LogP contribution < -0.4 is 4.74 Å². The lowest BCUT2D eigenvalue weighted by Gasteiger charge is -2.16. The Labute approximate surface area is 134 Å². The number of allylic oxidation sites excluding steroid dienone is 4. The van der Waals surface area contributed by atoms with Gasteiger partial charge in [0.05, 0.1) is 12.3 Å². The van der Waals surface area contributed by atoms with E-state index in [1.54, 1.807) is 0 Å². The number of ether oxygens (including phenoxy) is 1. The average Bonchev–Trinajstić information content (AvgIpc) is 2.55. The Morgan fingerprint density at radius 1 is 1.18 bits per heavy atom. The molecule has 0 aliphatic carbocycles. The minimum atomic E-state index is 0.820. The Kier molecular flexibility index (Phi) is 6.95. The lowest BCUT2D eigenvalue weighted by atomic mass is 9.97. The maximum Gasteiger partial charge on any atom is 0.119 e. The van der Waals surface area contributed by atoms with Crippen molar-refractivity contribution in [2.75, 3.05) is 13.2 Å². The van der Waals surface area contributed by atoms with Gasteiger partial charge < -0.3 is 4.74 Å².